The summed E-state index contributed by atoms with van der Waals surface area (Å²) in [7, 11) is 0. The lowest BCUT2D eigenvalue weighted by Gasteiger charge is -2.08. The fourth-order valence-electron chi connectivity index (χ4n) is 11.4. The average Bonchev–Trinajstić information content (AvgIpc) is 1.73. The maximum absolute atomic E-state index is 10.0. The summed E-state index contributed by atoms with van der Waals surface area (Å²) in [5.41, 5.74) is 37.2. The first kappa shape index (κ1) is 94.7. The minimum absolute atomic E-state index is 0.108. The van der Waals surface area contributed by atoms with Crippen LogP contribution >= 0.6 is 70.6 Å². The van der Waals surface area contributed by atoms with Crippen LogP contribution in [-0.4, -0.2) is 149 Å². The van der Waals surface area contributed by atoms with Crippen LogP contribution in [0.25, 0.3) is 0 Å². The molecular weight excluding hydrogens is 1360 g/mol. The van der Waals surface area contributed by atoms with Crippen molar-refractivity contribution in [3.63, 3.8) is 0 Å². The summed E-state index contributed by atoms with van der Waals surface area (Å²) < 4.78 is 34.4. The lowest BCUT2D eigenvalue weighted by molar-refractivity contribution is -0.115. The van der Waals surface area contributed by atoms with Gasteiger partial charge in [-0.3, -0.25) is 9.59 Å². The number of Topliss-reactive ketones (excluding diaryl/α,β-unsaturated/α-hetero) is 2. The number of fused-ring (bicyclic) bond motifs is 6. The predicted octanol–water partition coefficient (Wildman–Crippen LogP) is 12.1. The van der Waals surface area contributed by atoms with E-state index in [-0.39, 0.29) is 77.1 Å². The van der Waals surface area contributed by atoms with E-state index in [2.05, 4.69) is 190 Å². The van der Waals surface area contributed by atoms with Gasteiger partial charge in [-0.2, -0.15) is 47.0 Å². The van der Waals surface area contributed by atoms with Crippen LogP contribution in [0, 0.1) is 0 Å². The number of aliphatic hydroxyl groups is 2. The molecule has 6 aliphatic rings. The zero-order chi connectivity index (χ0) is 75.0. The molecule has 12 rings (SSSR count). The van der Waals surface area contributed by atoms with Gasteiger partial charge < -0.3 is 61.1 Å². The summed E-state index contributed by atoms with van der Waals surface area (Å²) in [6.45, 7) is 27.1. The summed E-state index contributed by atoms with van der Waals surface area (Å²) in [5.74, 6) is 3.75. The summed E-state index contributed by atoms with van der Waals surface area (Å²) in [6.07, 6.45) is 17.3. The van der Waals surface area contributed by atoms with Crippen LogP contribution in [0.2, 0.25) is 40.9 Å². The van der Waals surface area contributed by atoms with E-state index >= 15 is 0 Å². The first-order valence-electron chi connectivity index (χ1n) is 34.6. The van der Waals surface area contributed by atoms with Crippen LogP contribution in [0.15, 0.2) is 146 Å². The maximum atomic E-state index is 10.0. The van der Waals surface area contributed by atoms with E-state index < -0.39 is 0 Å². The van der Waals surface area contributed by atoms with Gasteiger partial charge in [0.15, 0.2) is 0 Å². The van der Waals surface area contributed by atoms with Gasteiger partial charge in [0.25, 0.3) is 0 Å². The minimum Gasteiger partial charge on any atom is -0.424 e. The van der Waals surface area contributed by atoms with Crippen LogP contribution in [-0.2, 0) is 37.5 Å². The van der Waals surface area contributed by atoms with E-state index in [4.69, 9.17) is 61.1 Å². The van der Waals surface area contributed by atoms with Gasteiger partial charge in [-0.25, -0.2) is 0 Å². The smallest absolute Gasteiger partial charge is 0.324 e. The summed E-state index contributed by atoms with van der Waals surface area (Å²) >= 11 is 9.21. The Morgan fingerprint density at radius 3 is 0.610 bits per heavy atom. The number of hydrogen-bond donors (Lipinski definition) is 6. The Balaban J connectivity index is 0.000000559. The number of rotatable bonds is 14. The van der Waals surface area contributed by atoms with E-state index in [1.54, 1.807) is 60.9 Å². The van der Waals surface area contributed by atoms with Crippen molar-refractivity contribution in [2.75, 3.05) is 85.8 Å². The van der Waals surface area contributed by atoms with Crippen molar-refractivity contribution in [3.8, 4) is 0 Å². The van der Waals surface area contributed by atoms with Crippen LogP contribution in [0.1, 0.15) is 137 Å². The molecule has 6 aliphatic heterocycles. The molecule has 6 heterocycles. The zero-order valence-electron chi connectivity index (χ0n) is 63.2. The van der Waals surface area contributed by atoms with Crippen LogP contribution in [0.3, 0.4) is 0 Å². The number of carbonyl (C=O) groups is 2. The fourth-order valence-corrected chi connectivity index (χ4v) is 12.3. The molecule has 0 spiro atoms. The van der Waals surface area contributed by atoms with Crippen molar-refractivity contribution >= 4 is 156 Å². The minimum atomic E-state index is 0.108. The number of aliphatic hydroxyl groups excluding tert-OH is 2. The normalized spacial score (nSPS) is 17.4. The number of thioether (sulfide) groups is 6. The Labute approximate surface area is 631 Å². The molecule has 6 aromatic rings. The number of ketones is 2. The molecule has 0 amide bonds. The molecule has 0 unspecified atom stereocenters. The molecule has 0 aliphatic carbocycles. The number of carbonyl (C=O) groups excluding carboxylic acids is 2. The van der Waals surface area contributed by atoms with Crippen LogP contribution in [0.4, 0.5) is 0 Å². The predicted molar refractivity (Wildman–Crippen MR) is 453 cm³/mol. The molecule has 548 valence electrons. The molecule has 6 aromatic carbocycles. The van der Waals surface area contributed by atoms with Crippen molar-refractivity contribution in [1.29, 1.82) is 0 Å². The maximum Gasteiger partial charge on any atom is 0.324 e. The van der Waals surface area contributed by atoms with Crippen molar-refractivity contribution in [2.45, 2.75) is 145 Å². The largest absolute Gasteiger partial charge is 0.424 e. The van der Waals surface area contributed by atoms with Gasteiger partial charge in [0, 0.05) is 24.8 Å². The van der Waals surface area contributed by atoms with Crippen molar-refractivity contribution in [2.24, 2.45) is 22.9 Å². The highest BCUT2D eigenvalue weighted by Crippen LogP contribution is 2.30. The third-order valence-corrected chi connectivity index (χ3v) is 18.7. The number of benzene rings is 6. The molecule has 6 atom stereocenters. The second kappa shape index (κ2) is 57.0. The highest BCUT2D eigenvalue weighted by Gasteiger charge is 2.34. The summed E-state index contributed by atoms with van der Waals surface area (Å²) in [4.78, 5) is 20.0. The standard InChI is InChI=1S/4C10H13BO.2C9H12BNO.2C4H8OS.2C2H7NS.2C2H6OS/c4*1-3-10-8-6-4-5-7-9(8)11(2)12-10;2*1-10-8-5-3-2-4-7(8)9(6-11)12-10;2*1-4(5)3-6-2;4*1-4-2-3/h4*4-7,10H,3H2,1-2H3;2*2-5,9H,6,11H2,1H3;2*3H2,1-2H3;2*2-3H2,1H3;2*3H,2H2,1H3/t4*10-;2*9-;;;;;;/m110010....../s1. The van der Waals surface area contributed by atoms with E-state index in [0.717, 1.165) is 37.4 Å². The highest BCUT2D eigenvalue weighted by atomic mass is 32.2. The van der Waals surface area contributed by atoms with Crippen LogP contribution < -0.4 is 55.7 Å². The molecule has 0 saturated heterocycles. The van der Waals surface area contributed by atoms with Gasteiger partial charge >= 0.3 is 41.5 Å². The van der Waals surface area contributed by atoms with Crippen molar-refractivity contribution < 1.29 is 47.7 Å². The quantitative estimate of drug-likeness (QED) is 0.0439. The third-order valence-electron chi connectivity index (χ3n) is 16.1. The van der Waals surface area contributed by atoms with E-state index in [0.29, 0.717) is 49.0 Å². The van der Waals surface area contributed by atoms with Gasteiger partial charge in [0.05, 0.1) is 60.0 Å². The lowest BCUT2D eigenvalue weighted by Crippen LogP contribution is -2.23. The number of hydrogen-bond acceptors (Lipinski definition) is 20. The Hall–Kier alpha value is -3.33. The van der Waals surface area contributed by atoms with Gasteiger partial charge in [0.2, 0.25) is 0 Å². The second-order valence-electron chi connectivity index (χ2n) is 23.5. The molecular formula is C74H118B6N4O10S6. The SMILES string of the molecule is CB1O[C@@H](CN)c2ccccc21.CB1O[C@H](CN)c2ccccc21.CC[C@@H]1OB(C)c2ccccc21.CC[C@@H]1OB(C)c2ccccc21.CC[C@H]1OB(C)c2ccccc21.CC[C@H]1OB(C)c2ccccc21.CSCC(C)=O.CSCC(C)=O.CSCN.CSCN.CSCO.CSCO. The van der Waals surface area contributed by atoms with Crippen molar-refractivity contribution in [3.05, 3.63) is 179 Å². The lowest BCUT2D eigenvalue weighted by atomic mass is 9.64. The molecule has 0 saturated carbocycles. The van der Waals surface area contributed by atoms with E-state index in [1.807, 2.05) is 61.8 Å². The molecule has 0 fully saturated rings. The molecule has 0 radical (unpaired) electrons. The summed E-state index contributed by atoms with van der Waals surface area (Å²) in [6, 6.07) is 50.5. The average molecular weight is 1480 g/mol. The first-order valence-corrected chi connectivity index (χ1v) is 42.9. The second-order valence-corrected chi connectivity index (χ2v) is 28.7. The molecule has 0 bridgehead atoms. The van der Waals surface area contributed by atoms with E-state index in [9.17, 15) is 9.59 Å². The monoisotopic (exact) mass is 1480 g/mol. The Bertz CT molecular complexity index is 2630. The Morgan fingerprint density at radius 1 is 0.330 bits per heavy atom. The first-order chi connectivity index (χ1) is 48.2. The Morgan fingerprint density at radius 2 is 0.490 bits per heavy atom. The molecule has 26 heteroatoms. The topological polar surface area (TPSA) is 234 Å². The Kier molecular flexibility index (Phi) is 53.9. The molecule has 14 nitrogen and oxygen atoms in total. The molecule has 0 aromatic heterocycles. The highest BCUT2D eigenvalue weighted by molar-refractivity contribution is 7.99. The van der Waals surface area contributed by atoms with Gasteiger partial charge in [-0.1, -0.05) is 214 Å². The van der Waals surface area contributed by atoms with Gasteiger partial charge in [0.1, 0.15) is 11.6 Å². The van der Waals surface area contributed by atoms with Gasteiger partial charge in [-0.05, 0) is 143 Å². The molecule has 100 heavy (non-hydrogen) atoms. The van der Waals surface area contributed by atoms with Gasteiger partial charge in [-0.15, -0.1) is 23.5 Å². The fraction of sp³-hybridized carbons (Fsp3) is 0.486. The summed E-state index contributed by atoms with van der Waals surface area (Å²) in [5, 5.41) is 15.7. The van der Waals surface area contributed by atoms with E-state index in [1.165, 1.54) is 89.7 Å². The van der Waals surface area contributed by atoms with Crippen molar-refractivity contribution in [1.82, 2.24) is 0 Å². The zero-order valence-corrected chi connectivity index (χ0v) is 68.1. The number of nitrogens with two attached hydrogens (primary N) is 4. The van der Waals surface area contributed by atoms with Crippen LogP contribution in [0.5, 0.6) is 0 Å². The molecule has 10 N–H and O–H groups in total. The third kappa shape index (κ3) is 33.8.